The van der Waals surface area contributed by atoms with Crippen LogP contribution in [0.4, 0.5) is 0 Å². The number of aryl methyl sites for hydroxylation is 1. The second-order valence-electron chi connectivity index (χ2n) is 3.85. The van der Waals surface area contributed by atoms with Gasteiger partial charge in [0, 0.05) is 13.1 Å². The van der Waals surface area contributed by atoms with Crippen molar-refractivity contribution >= 4 is 0 Å². The Labute approximate surface area is 96.7 Å². The van der Waals surface area contributed by atoms with Gasteiger partial charge in [-0.25, -0.2) is 9.67 Å². The van der Waals surface area contributed by atoms with Crippen molar-refractivity contribution in [2.24, 2.45) is 5.92 Å². The van der Waals surface area contributed by atoms with E-state index in [1.54, 1.807) is 6.33 Å². The predicted molar refractivity (Wildman–Crippen MR) is 61.4 cm³/mol. The molecule has 1 unspecified atom stereocenters. The summed E-state index contributed by atoms with van der Waals surface area (Å²) >= 11 is 0. The summed E-state index contributed by atoms with van der Waals surface area (Å²) < 4.78 is 1.89. The van der Waals surface area contributed by atoms with Crippen LogP contribution < -0.4 is 0 Å². The van der Waals surface area contributed by atoms with Crippen LogP contribution in [0.5, 0.6) is 0 Å². The first-order valence-electron chi connectivity index (χ1n) is 5.69. The predicted octanol–water partition coefficient (Wildman–Crippen LogP) is 1.28. The normalized spacial score (nSPS) is 12.7. The summed E-state index contributed by atoms with van der Waals surface area (Å²) in [5.41, 5.74) is 0. The summed E-state index contributed by atoms with van der Waals surface area (Å²) in [7, 11) is 0. The van der Waals surface area contributed by atoms with Crippen LogP contribution in [-0.4, -0.2) is 32.8 Å². The Kier molecular flexibility index (Phi) is 4.93. The summed E-state index contributed by atoms with van der Waals surface area (Å²) in [4.78, 5) is 6.45. The van der Waals surface area contributed by atoms with Crippen LogP contribution in [0.2, 0.25) is 0 Å². The number of rotatable bonds is 6. The second-order valence-corrected chi connectivity index (χ2v) is 3.85. The first kappa shape index (κ1) is 12.7. The first-order valence-corrected chi connectivity index (χ1v) is 5.69. The second kappa shape index (κ2) is 6.23. The number of aromatic nitrogens is 3. The molecular weight excluding hydrogens is 202 g/mol. The molecule has 88 valence electrons. The summed E-state index contributed by atoms with van der Waals surface area (Å²) in [5, 5.41) is 12.9. The van der Waals surface area contributed by atoms with E-state index in [4.69, 9.17) is 5.26 Å². The van der Waals surface area contributed by atoms with Gasteiger partial charge in [-0.15, -0.1) is 0 Å². The molecule has 0 fully saturated rings. The molecule has 1 aromatic heterocycles. The molecule has 1 atom stereocenters. The van der Waals surface area contributed by atoms with Gasteiger partial charge in [-0.2, -0.15) is 10.4 Å². The quantitative estimate of drug-likeness (QED) is 0.726. The smallest absolute Gasteiger partial charge is 0.140 e. The Morgan fingerprint density at radius 3 is 2.88 bits per heavy atom. The third kappa shape index (κ3) is 3.31. The summed E-state index contributed by atoms with van der Waals surface area (Å²) in [6, 6.07) is 2.25. The summed E-state index contributed by atoms with van der Waals surface area (Å²) in [5.74, 6) is 1.02. The molecule has 1 rings (SSSR count). The van der Waals surface area contributed by atoms with E-state index in [1.165, 1.54) is 0 Å². The minimum Gasteiger partial charge on any atom is -0.295 e. The van der Waals surface area contributed by atoms with Crippen molar-refractivity contribution in [1.29, 1.82) is 5.26 Å². The Morgan fingerprint density at radius 1 is 1.56 bits per heavy atom. The van der Waals surface area contributed by atoms with Gasteiger partial charge in [-0.1, -0.05) is 6.92 Å². The molecule has 0 aliphatic heterocycles. The van der Waals surface area contributed by atoms with Crippen molar-refractivity contribution in [3.05, 3.63) is 12.2 Å². The molecule has 5 nitrogen and oxygen atoms in total. The zero-order chi connectivity index (χ0) is 12.0. The lowest BCUT2D eigenvalue weighted by atomic mass is 10.2. The van der Waals surface area contributed by atoms with Gasteiger partial charge in [0.15, 0.2) is 0 Å². The van der Waals surface area contributed by atoms with Crippen LogP contribution >= 0.6 is 0 Å². The molecule has 0 aliphatic carbocycles. The monoisotopic (exact) mass is 221 g/mol. The molecule has 0 spiro atoms. The van der Waals surface area contributed by atoms with Crippen LogP contribution in [0.3, 0.4) is 0 Å². The Bertz CT molecular complexity index is 352. The van der Waals surface area contributed by atoms with E-state index in [2.05, 4.69) is 28.0 Å². The van der Waals surface area contributed by atoms with Gasteiger partial charge in [0.25, 0.3) is 0 Å². The van der Waals surface area contributed by atoms with Crippen LogP contribution in [0, 0.1) is 17.2 Å². The fourth-order valence-corrected chi connectivity index (χ4v) is 1.61. The highest BCUT2D eigenvalue weighted by Gasteiger charge is 2.11. The average molecular weight is 221 g/mol. The van der Waals surface area contributed by atoms with Crippen molar-refractivity contribution in [1.82, 2.24) is 19.7 Å². The minimum absolute atomic E-state index is 0.0537. The Morgan fingerprint density at radius 2 is 2.31 bits per heavy atom. The molecule has 0 aromatic carbocycles. The van der Waals surface area contributed by atoms with E-state index >= 15 is 0 Å². The van der Waals surface area contributed by atoms with Gasteiger partial charge in [0.05, 0.1) is 18.5 Å². The maximum atomic E-state index is 8.80. The molecule has 1 aromatic rings. The first-order chi connectivity index (χ1) is 7.71. The van der Waals surface area contributed by atoms with E-state index < -0.39 is 0 Å². The third-order valence-corrected chi connectivity index (χ3v) is 2.56. The molecule has 0 bridgehead atoms. The number of hydrogen-bond donors (Lipinski definition) is 0. The standard InChI is InChI=1S/C11H19N5/c1-4-15(7-10(3)6-12)8-11-13-9-14-16(11)5-2/h9-10H,4-5,7-8H2,1-3H3. The van der Waals surface area contributed by atoms with Crippen LogP contribution in [-0.2, 0) is 13.1 Å². The molecular formula is C11H19N5. The van der Waals surface area contributed by atoms with Gasteiger partial charge in [0.1, 0.15) is 12.2 Å². The molecule has 1 heterocycles. The molecule has 0 radical (unpaired) electrons. The molecule has 0 saturated heterocycles. The zero-order valence-electron chi connectivity index (χ0n) is 10.2. The van der Waals surface area contributed by atoms with E-state index in [0.29, 0.717) is 0 Å². The van der Waals surface area contributed by atoms with Gasteiger partial charge in [0.2, 0.25) is 0 Å². The largest absolute Gasteiger partial charge is 0.295 e. The molecule has 16 heavy (non-hydrogen) atoms. The Hall–Kier alpha value is -1.41. The lowest BCUT2D eigenvalue weighted by Crippen LogP contribution is -2.29. The lowest BCUT2D eigenvalue weighted by Gasteiger charge is -2.20. The summed E-state index contributed by atoms with van der Waals surface area (Å²) in [6.45, 7) is 9.37. The van der Waals surface area contributed by atoms with Gasteiger partial charge < -0.3 is 0 Å². The molecule has 5 heteroatoms. The Balaban J connectivity index is 2.60. The molecule has 0 amide bonds. The highest BCUT2D eigenvalue weighted by Crippen LogP contribution is 2.04. The highest BCUT2D eigenvalue weighted by molar-refractivity contribution is 4.87. The molecule has 0 N–H and O–H groups in total. The fourth-order valence-electron chi connectivity index (χ4n) is 1.61. The average Bonchev–Trinajstić information content (AvgIpc) is 2.75. The van der Waals surface area contributed by atoms with Crippen molar-refractivity contribution in [2.45, 2.75) is 33.9 Å². The third-order valence-electron chi connectivity index (χ3n) is 2.56. The topological polar surface area (TPSA) is 57.7 Å². The van der Waals surface area contributed by atoms with E-state index in [0.717, 1.165) is 32.0 Å². The van der Waals surface area contributed by atoms with Crippen LogP contribution in [0.25, 0.3) is 0 Å². The lowest BCUT2D eigenvalue weighted by molar-refractivity contribution is 0.249. The van der Waals surface area contributed by atoms with E-state index in [9.17, 15) is 0 Å². The van der Waals surface area contributed by atoms with Gasteiger partial charge >= 0.3 is 0 Å². The number of hydrogen-bond acceptors (Lipinski definition) is 4. The number of nitriles is 1. The van der Waals surface area contributed by atoms with Gasteiger partial charge in [-0.05, 0) is 20.4 Å². The minimum atomic E-state index is 0.0537. The number of nitrogens with zero attached hydrogens (tertiary/aromatic N) is 5. The van der Waals surface area contributed by atoms with Crippen molar-refractivity contribution in [2.75, 3.05) is 13.1 Å². The van der Waals surface area contributed by atoms with Crippen molar-refractivity contribution in [3.63, 3.8) is 0 Å². The van der Waals surface area contributed by atoms with Crippen LogP contribution in [0.1, 0.15) is 26.6 Å². The van der Waals surface area contributed by atoms with Gasteiger partial charge in [-0.3, -0.25) is 4.90 Å². The molecule has 0 saturated carbocycles. The van der Waals surface area contributed by atoms with Crippen LogP contribution in [0.15, 0.2) is 6.33 Å². The van der Waals surface area contributed by atoms with E-state index in [-0.39, 0.29) is 5.92 Å². The van der Waals surface area contributed by atoms with Crippen molar-refractivity contribution < 1.29 is 0 Å². The maximum absolute atomic E-state index is 8.80. The van der Waals surface area contributed by atoms with E-state index in [1.807, 2.05) is 18.5 Å². The SMILES string of the molecule is CCN(Cc1ncnn1CC)CC(C)C#N. The fraction of sp³-hybridized carbons (Fsp3) is 0.727. The highest BCUT2D eigenvalue weighted by atomic mass is 15.3. The maximum Gasteiger partial charge on any atom is 0.140 e. The van der Waals surface area contributed by atoms with Crippen molar-refractivity contribution in [3.8, 4) is 6.07 Å². The summed E-state index contributed by atoms with van der Waals surface area (Å²) in [6.07, 6.45) is 1.58. The molecule has 0 aliphatic rings. The zero-order valence-corrected chi connectivity index (χ0v) is 10.2.